The van der Waals surface area contributed by atoms with E-state index in [0.717, 1.165) is 10.9 Å². The van der Waals surface area contributed by atoms with E-state index in [1.54, 1.807) is 30.3 Å². The SMILES string of the molecule is O=C(NC1CC1(F)F)c1nn(-c2ccccc2)cc1[N+](=O)[O-]. The van der Waals surface area contributed by atoms with Crippen molar-refractivity contribution in [1.29, 1.82) is 0 Å². The minimum atomic E-state index is -2.95. The summed E-state index contributed by atoms with van der Waals surface area (Å²) in [4.78, 5) is 22.2. The van der Waals surface area contributed by atoms with Crippen molar-refractivity contribution < 1.29 is 18.5 Å². The van der Waals surface area contributed by atoms with Crippen molar-refractivity contribution in [2.75, 3.05) is 0 Å². The molecule has 9 heteroatoms. The molecule has 0 saturated heterocycles. The summed E-state index contributed by atoms with van der Waals surface area (Å²) in [5.74, 6) is -3.93. The molecule has 1 aliphatic carbocycles. The molecular formula is C13H10F2N4O3. The summed E-state index contributed by atoms with van der Waals surface area (Å²) in [7, 11) is 0. The van der Waals surface area contributed by atoms with Gasteiger partial charge in [-0.25, -0.2) is 13.5 Å². The molecule has 7 nitrogen and oxygen atoms in total. The van der Waals surface area contributed by atoms with Crippen molar-refractivity contribution in [1.82, 2.24) is 15.1 Å². The van der Waals surface area contributed by atoms with Crippen LogP contribution in [0.25, 0.3) is 5.69 Å². The lowest BCUT2D eigenvalue weighted by atomic mass is 10.3. The summed E-state index contributed by atoms with van der Waals surface area (Å²) >= 11 is 0. The normalized spacial score (nSPS) is 18.7. The molecule has 0 aliphatic heterocycles. The van der Waals surface area contributed by atoms with Gasteiger partial charge in [0, 0.05) is 6.42 Å². The molecule has 1 N–H and O–H groups in total. The highest BCUT2D eigenvalue weighted by atomic mass is 19.3. The van der Waals surface area contributed by atoms with Gasteiger partial charge in [0.15, 0.2) is 0 Å². The lowest BCUT2D eigenvalue weighted by Crippen LogP contribution is -2.30. The molecule has 1 aliphatic rings. The summed E-state index contributed by atoms with van der Waals surface area (Å²) in [6.07, 6.45) is 0.612. The van der Waals surface area contributed by atoms with Crippen LogP contribution in [0.5, 0.6) is 0 Å². The second-order valence-corrected chi connectivity index (χ2v) is 4.89. The van der Waals surface area contributed by atoms with E-state index >= 15 is 0 Å². The number of nitrogens with zero attached hydrogens (tertiary/aromatic N) is 3. The molecular weight excluding hydrogens is 298 g/mol. The Hall–Kier alpha value is -2.84. The molecule has 1 fully saturated rings. The molecule has 1 aromatic carbocycles. The zero-order valence-corrected chi connectivity index (χ0v) is 11.1. The third kappa shape index (κ3) is 2.52. The van der Waals surface area contributed by atoms with Gasteiger partial charge in [-0.2, -0.15) is 5.10 Å². The Kier molecular flexibility index (Phi) is 3.12. The molecule has 1 atom stereocenters. The first kappa shape index (κ1) is 14.1. The molecule has 114 valence electrons. The second kappa shape index (κ2) is 4.86. The van der Waals surface area contributed by atoms with Gasteiger partial charge >= 0.3 is 5.69 Å². The van der Waals surface area contributed by atoms with Gasteiger partial charge < -0.3 is 5.32 Å². The highest BCUT2D eigenvalue weighted by molar-refractivity contribution is 5.96. The van der Waals surface area contributed by atoms with Crippen LogP contribution in [0.15, 0.2) is 36.5 Å². The number of nitro groups is 1. The lowest BCUT2D eigenvalue weighted by Gasteiger charge is -2.01. The van der Waals surface area contributed by atoms with Crippen LogP contribution in [-0.2, 0) is 0 Å². The highest BCUT2D eigenvalue weighted by Gasteiger charge is 2.58. The van der Waals surface area contributed by atoms with Crippen LogP contribution in [0.2, 0.25) is 0 Å². The minimum absolute atomic E-state index is 0.466. The second-order valence-electron chi connectivity index (χ2n) is 4.89. The van der Waals surface area contributed by atoms with Crippen molar-refractivity contribution in [3.05, 3.63) is 52.3 Å². The van der Waals surface area contributed by atoms with E-state index in [1.807, 2.05) is 0 Å². The van der Waals surface area contributed by atoms with Crippen LogP contribution in [-0.4, -0.2) is 32.6 Å². The smallest absolute Gasteiger partial charge is 0.320 e. The zero-order valence-electron chi connectivity index (χ0n) is 11.1. The number of amides is 1. The van der Waals surface area contributed by atoms with Crippen LogP contribution >= 0.6 is 0 Å². The van der Waals surface area contributed by atoms with E-state index in [9.17, 15) is 23.7 Å². The number of hydrogen-bond acceptors (Lipinski definition) is 4. The summed E-state index contributed by atoms with van der Waals surface area (Å²) in [6.45, 7) is 0. The number of halogens is 2. The number of benzene rings is 1. The summed E-state index contributed by atoms with van der Waals surface area (Å²) in [5.41, 5.74) is -0.511. The van der Waals surface area contributed by atoms with Crippen LogP contribution in [0.4, 0.5) is 14.5 Å². The number of hydrogen-bond donors (Lipinski definition) is 1. The first-order valence-corrected chi connectivity index (χ1v) is 6.36. The number of carbonyl (C=O) groups is 1. The van der Waals surface area contributed by atoms with Crippen molar-refractivity contribution in [2.45, 2.75) is 18.4 Å². The van der Waals surface area contributed by atoms with Gasteiger partial charge in [-0.05, 0) is 12.1 Å². The average Bonchev–Trinajstić information content (AvgIpc) is 2.91. The van der Waals surface area contributed by atoms with Gasteiger partial charge in [-0.3, -0.25) is 14.9 Å². The molecule has 0 radical (unpaired) electrons. The van der Waals surface area contributed by atoms with Gasteiger partial charge in [0.05, 0.1) is 16.7 Å². The van der Waals surface area contributed by atoms with Crippen LogP contribution in [0.3, 0.4) is 0 Å². The maximum atomic E-state index is 12.8. The fourth-order valence-electron chi connectivity index (χ4n) is 1.97. The van der Waals surface area contributed by atoms with Crippen molar-refractivity contribution >= 4 is 11.6 Å². The van der Waals surface area contributed by atoms with Gasteiger partial charge in [-0.1, -0.05) is 18.2 Å². The zero-order chi connectivity index (χ0) is 15.9. The monoisotopic (exact) mass is 308 g/mol. The Labute approximate surface area is 122 Å². The maximum Gasteiger partial charge on any atom is 0.320 e. The number of para-hydroxylation sites is 1. The quantitative estimate of drug-likeness (QED) is 0.690. The molecule has 2 aromatic rings. The number of aromatic nitrogens is 2. The lowest BCUT2D eigenvalue weighted by molar-refractivity contribution is -0.385. The Bertz CT molecular complexity index is 745. The van der Waals surface area contributed by atoms with E-state index in [2.05, 4.69) is 10.4 Å². The molecule has 1 aromatic heterocycles. The summed E-state index contributed by atoms with van der Waals surface area (Å²) < 4.78 is 26.8. The first-order chi connectivity index (χ1) is 10.4. The fourth-order valence-corrected chi connectivity index (χ4v) is 1.97. The molecule has 22 heavy (non-hydrogen) atoms. The molecule has 1 unspecified atom stereocenters. The standard InChI is InChI=1S/C13H10F2N4O3/c14-13(15)6-10(13)16-12(20)11-9(19(21)22)7-18(17-11)8-4-2-1-3-5-8/h1-5,7,10H,6H2,(H,16,20). The van der Waals surface area contributed by atoms with Crippen LogP contribution in [0.1, 0.15) is 16.9 Å². The van der Waals surface area contributed by atoms with Gasteiger partial charge in [0.25, 0.3) is 11.8 Å². The third-order valence-corrected chi connectivity index (χ3v) is 3.26. The van der Waals surface area contributed by atoms with Gasteiger partial charge in [-0.15, -0.1) is 0 Å². The van der Waals surface area contributed by atoms with E-state index in [4.69, 9.17) is 0 Å². The highest BCUT2D eigenvalue weighted by Crippen LogP contribution is 2.41. The molecule has 1 heterocycles. The Morgan fingerprint density at radius 3 is 2.59 bits per heavy atom. The molecule has 0 spiro atoms. The van der Waals surface area contributed by atoms with Gasteiger partial charge in [0.1, 0.15) is 6.20 Å². The topological polar surface area (TPSA) is 90.1 Å². The van der Waals surface area contributed by atoms with E-state index in [1.165, 1.54) is 0 Å². The maximum absolute atomic E-state index is 12.8. The fraction of sp³-hybridized carbons (Fsp3) is 0.231. The van der Waals surface area contributed by atoms with E-state index < -0.39 is 40.6 Å². The third-order valence-electron chi connectivity index (χ3n) is 3.26. The molecule has 1 amide bonds. The van der Waals surface area contributed by atoms with Crippen molar-refractivity contribution in [3.8, 4) is 5.69 Å². The Morgan fingerprint density at radius 1 is 1.41 bits per heavy atom. The van der Waals surface area contributed by atoms with E-state index in [0.29, 0.717) is 5.69 Å². The van der Waals surface area contributed by atoms with Crippen LogP contribution in [0, 0.1) is 10.1 Å². The largest absolute Gasteiger partial charge is 0.341 e. The van der Waals surface area contributed by atoms with Crippen LogP contribution < -0.4 is 5.32 Å². The van der Waals surface area contributed by atoms with Crippen molar-refractivity contribution in [2.24, 2.45) is 0 Å². The first-order valence-electron chi connectivity index (χ1n) is 6.36. The molecule has 1 saturated carbocycles. The Morgan fingerprint density at radius 2 is 2.05 bits per heavy atom. The van der Waals surface area contributed by atoms with E-state index in [-0.39, 0.29) is 0 Å². The number of nitrogens with one attached hydrogen (secondary N) is 1. The number of rotatable bonds is 4. The van der Waals surface area contributed by atoms with Gasteiger partial charge in [0.2, 0.25) is 5.69 Å². The molecule has 3 rings (SSSR count). The number of alkyl halides is 2. The summed E-state index contributed by atoms with van der Waals surface area (Å²) in [6, 6.07) is 7.16. The summed E-state index contributed by atoms with van der Waals surface area (Å²) in [5, 5.41) is 16.9. The number of carbonyl (C=O) groups excluding carboxylic acids is 1. The predicted octanol–water partition coefficient (Wildman–Crippen LogP) is 1.92. The predicted molar refractivity (Wildman–Crippen MR) is 71.0 cm³/mol. The minimum Gasteiger partial charge on any atom is -0.341 e. The Balaban J connectivity index is 1.91. The average molecular weight is 308 g/mol. The molecule has 0 bridgehead atoms. The van der Waals surface area contributed by atoms with Crippen molar-refractivity contribution in [3.63, 3.8) is 0 Å².